The Morgan fingerprint density at radius 3 is 2.41 bits per heavy atom. The predicted octanol–water partition coefficient (Wildman–Crippen LogP) is 3.14. The summed E-state index contributed by atoms with van der Waals surface area (Å²) >= 11 is 0. The lowest BCUT2D eigenvalue weighted by atomic mass is 9.78. The molecule has 0 unspecified atom stereocenters. The minimum Gasteiger partial charge on any atom is -0.380 e. The zero-order valence-electron chi connectivity index (χ0n) is 16.1. The van der Waals surface area contributed by atoms with Crippen LogP contribution in [0.4, 0.5) is 26.2 Å². The van der Waals surface area contributed by atoms with E-state index in [2.05, 4.69) is 25.3 Å². The molecule has 2 fully saturated rings. The van der Waals surface area contributed by atoms with Crippen molar-refractivity contribution in [2.24, 2.45) is 5.41 Å². The standard InChI is InChI=1S/C20H20F2N6O/c1-12-5-13(2)28(26-12)18-7-17(27-8-20(9-27)10-29-11-20)24-19(25-18)23-16-4-3-14(21)6-15(16)22/h3-7H,8-11H2,1-2H3,(H,23,24,25). The van der Waals surface area contributed by atoms with Crippen LogP contribution in [0.5, 0.6) is 0 Å². The van der Waals surface area contributed by atoms with E-state index in [4.69, 9.17) is 4.74 Å². The van der Waals surface area contributed by atoms with E-state index in [1.54, 1.807) is 4.68 Å². The molecule has 2 aliphatic rings. The van der Waals surface area contributed by atoms with Gasteiger partial charge >= 0.3 is 0 Å². The second-order valence-corrected chi connectivity index (χ2v) is 7.84. The van der Waals surface area contributed by atoms with Crippen molar-refractivity contribution >= 4 is 17.5 Å². The molecule has 1 spiro atoms. The maximum Gasteiger partial charge on any atom is 0.231 e. The molecule has 5 rings (SSSR count). The number of hydrogen-bond donors (Lipinski definition) is 1. The van der Waals surface area contributed by atoms with Crippen LogP contribution in [0, 0.1) is 30.9 Å². The van der Waals surface area contributed by atoms with E-state index >= 15 is 0 Å². The van der Waals surface area contributed by atoms with Gasteiger partial charge in [0.1, 0.15) is 17.5 Å². The van der Waals surface area contributed by atoms with Gasteiger partial charge < -0.3 is 15.0 Å². The molecule has 29 heavy (non-hydrogen) atoms. The fourth-order valence-electron chi connectivity index (χ4n) is 3.82. The highest BCUT2D eigenvalue weighted by Crippen LogP contribution is 2.40. The number of aromatic nitrogens is 4. The number of hydrogen-bond acceptors (Lipinski definition) is 6. The van der Waals surface area contributed by atoms with Gasteiger partial charge in [-0.3, -0.25) is 0 Å². The zero-order chi connectivity index (χ0) is 20.2. The summed E-state index contributed by atoms with van der Waals surface area (Å²) in [5, 5.41) is 7.37. The van der Waals surface area contributed by atoms with E-state index in [9.17, 15) is 8.78 Å². The molecule has 9 heteroatoms. The molecular weight excluding hydrogens is 378 g/mol. The summed E-state index contributed by atoms with van der Waals surface area (Å²) in [5.74, 6) is 0.184. The zero-order valence-corrected chi connectivity index (χ0v) is 16.1. The topological polar surface area (TPSA) is 68.1 Å². The number of benzene rings is 1. The van der Waals surface area contributed by atoms with E-state index in [0.29, 0.717) is 5.82 Å². The third-order valence-corrected chi connectivity index (χ3v) is 5.30. The van der Waals surface area contributed by atoms with Crippen LogP contribution in [-0.4, -0.2) is 46.1 Å². The third-order valence-electron chi connectivity index (χ3n) is 5.30. The first kappa shape index (κ1) is 18.0. The third kappa shape index (κ3) is 3.21. The van der Waals surface area contributed by atoms with Crippen molar-refractivity contribution in [2.45, 2.75) is 13.8 Å². The first-order chi connectivity index (χ1) is 13.9. The lowest BCUT2D eigenvalue weighted by Crippen LogP contribution is -2.66. The second-order valence-electron chi connectivity index (χ2n) is 7.84. The molecule has 0 atom stereocenters. The highest BCUT2D eigenvalue weighted by molar-refractivity contribution is 5.59. The normalized spacial score (nSPS) is 17.2. The van der Waals surface area contributed by atoms with Crippen molar-refractivity contribution < 1.29 is 13.5 Å². The van der Waals surface area contributed by atoms with Gasteiger partial charge in [-0.25, -0.2) is 13.5 Å². The Balaban J connectivity index is 1.52. The Morgan fingerprint density at radius 1 is 1.03 bits per heavy atom. The lowest BCUT2D eigenvalue weighted by Gasteiger charge is -2.55. The number of ether oxygens (including phenoxy) is 1. The number of anilines is 3. The molecule has 7 nitrogen and oxygen atoms in total. The minimum absolute atomic E-state index is 0.107. The molecule has 4 heterocycles. The number of aryl methyl sites for hydroxylation is 2. The summed E-state index contributed by atoms with van der Waals surface area (Å²) in [4.78, 5) is 11.2. The summed E-state index contributed by atoms with van der Waals surface area (Å²) in [7, 11) is 0. The summed E-state index contributed by atoms with van der Waals surface area (Å²) in [6.45, 7) is 7.10. The molecule has 0 amide bonds. The van der Waals surface area contributed by atoms with Gasteiger partial charge in [0, 0.05) is 30.9 Å². The number of nitrogens with one attached hydrogen (secondary N) is 1. The molecule has 150 valence electrons. The van der Waals surface area contributed by atoms with Crippen LogP contribution >= 0.6 is 0 Å². The summed E-state index contributed by atoms with van der Waals surface area (Å²) in [6, 6.07) is 7.17. The predicted molar refractivity (Wildman–Crippen MR) is 104 cm³/mol. The maximum atomic E-state index is 14.1. The molecule has 2 aliphatic heterocycles. The first-order valence-corrected chi connectivity index (χ1v) is 9.38. The Hall–Kier alpha value is -3.07. The van der Waals surface area contributed by atoms with E-state index in [1.807, 2.05) is 26.0 Å². The quantitative estimate of drug-likeness (QED) is 0.728. The number of nitrogens with zero attached hydrogens (tertiary/aromatic N) is 5. The van der Waals surface area contributed by atoms with Gasteiger partial charge in [0.15, 0.2) is 5.82 Å². The van der Waals surface area contributed by atoms with Gasteiger partial charge in [-0.1, -0.05) is 0 Å². The van der Waals surface area contributed by atoms with Gasteiger partial charge in [-0.15, -0.1) is 0 Å². The Labute approximate surface area is 166 Å². The van der Waals surface area contributed by atoms with Crippen molar-refractivity contribution in [3.8, 4) is 5.82 Å². The molecular formula is C20H20F2N6O. The fourth-order valence-corrected chi connectivity index (χ4v) is 3.82. The van der Waals surface area contributed by atoms with Crippen LogP contribution in [0.1, 0.15) is 11.4 Å². The van der Waals surface area contributed by atoms with Crippen LogP contribution < -0.4 is 10.2 Å². The maximum absolute atomic E-state index is 14.1. The summed E-state index contributed by atoms with van der Waals surface area (Å²) in [5.41, 5.74) is 2.13. The molecule has 2 saturated heterocycles. The van der Waals surface area contributed by atoms with Gasteiger partial charge in [-0.2, -0.15) is 15.1 Å². The van der Waals surface area contributed by atoms with Crippen LogP contribution in [0.3, 0.4) is 0 Å². The second kappa shape index (κ2) is 6.48. The van der Waals surface area contributed by atoms with E-state index in [0.717, 1.165) is 49.6 Å². The van der Waals surface area contributed by atoms with E-state index < -0.39 is 11.6 Å². The minimum atomic E-state index is -0.707. The van der Waals surface area contributed by atoms with Crippen molar-refractivity contribution in [2.75, 3.05) is 36.5 Å². The van der Waals surface area contributed by atoms with Crippen molar-refractivity contribution in [3.63, 3.8) is 0 Å². The van der Waals surface area contributed by atoms with Crippen molar-refractivity contribution in [3.05, 3.63) is 53.4 Å². The molecule has 0 bridgehead atoms. The average molecular weight is 398 g/mol. The first-order valence-electron chi connectivity index (χ1n) is 9.38. The van der Waals surface area contributed by atoms with Gasteiger partial charge in [0.2, 0.25) is 5.95 Å². The smallest absolute Gasteiger partial charge is 0.231 e. The molecule has 2 aromatic heterocycles. The molecule has 3 aromatic rings. The lowest BCUT2D eigenvalue weighted by molar-refractivity contribution is -0.127. The average Bonchev–Trinajstić information content (AvgIpc) is 2.93. The molecule has 1 aromatic carbocycles. The van der Waals surface area contributed by atoms with E-state index in [1.165, 1.54) is 12.1 Å². The SMILES string of the molecule is Cc1cc(C)n(-c2cc(N3CC4(COC4)C3)nc(Nc3ccc(F)cc3F)n2)n1. The van der Waals surface area contributed by atoms with E-state index in [-0.39, 0.29) is 17.1 Å². The van der Waals surface area contributed by atoms with Gasteiger partial charge in [0.05, 0.1) is 30.0 Å². The number of halogens is 2. The molecule has 0 aliphatic carbocycles. The number of rotatable bonds is 4. The van der Waals surface area contributed by atoms with Crippen LogP contribution in [0.15, 0.2) is 30.3 Å². The van der Waals surface area contributed by atoms with Gasteiger partial charge in [0.25, 0.3) is 0 Å². The highest BCUT2D eigenvalue weighted by atomic mass is 19.1. The Kier molecular flexibility index (Phi) is 4.02. The summed E-state index contributed by atoms with van der Waals surface area (Å²) < 4.78 is 34.4. The fraction of sp³-hybridized carbons (Fsp3) is 0.350. The van der Waals surface area contributed by atoms with Crippen molar-refractivity contribution in [1.29, 1.82) is 0 Å². The Bertz CT molecular complexity index is 1090. The van der Waals surface area contributed by atoms with Crippen molar-refractivity contribution in [1.82, 2.24) is 19.7 Å². The highest BCUT2D eigenvalue weighted by Gasteiger charge is 2.49. The molecule has 0 saturated carbocycles. The largest absolute Gasteiger partial charge is 0.380 e. The van der Waals surface area contributed by atoms with Crippen LogP contribution in [0.2, 0.25) is 0 Å². The molecule has 1 N–H and O–H groups in total. The molecule has 0 radical (unpaired) electrons. The summed E-state index contributed by atoms with van der Waals surface area (Å²) in [6.07, 6.45) is 0. The van der Waals surface area contributed by atoms with Crippen LogP contribution in [0.25, 0.3) is 5.82 Å². The Morgan fingerprint density at radius 2 is 1.79 bits per heavy atom. The monoisotopic (exact) mass is 398 g/mol. The van der Waals surface area contributed by atoms with Gasteiger partial charge in [-0.05, 0) is 32.0 Å². The van der Waals surface area contributed by atoms with Crippen LogP contribution in [-0.2, 0) is 4.74 Å².